The van der Waals surface area contributed by atoms with Crippen LogP contribution in [0.2, 0.25) is 0 Å². The van der Waals surface area contributed by atoms with Gasteiger partial charge in [0.05, 0.1) is 0 Å². The van der Waals surface area contributed by atoms with E-state index in [9.17, 15) is 9.59 Å². The number of ether oxygens (including phenoxy) is 1. The van der Waals surface area contributed by atoms with Gasteiger partial charge in [-0.2, -0.15) is 0 Å². The maximum Gasteiger partial charge on any atom is 0.306 e. The van der Waals surface area contributed by atoms with E-state index in [1.807, 2.05) is 30.3 Å². The summed E-state index contributed by atoms with van der Waals surface area (Å²) >= 11 is 0. The fraction of sp³-hybridized carbons (Fsp3) is 0.704. The van der Waals surface area contributed by atoms with Crippen LogP contribution in [0.3, 0.4) is 0 Å². The number of unbranched alkanes of at least 4 members (excludes halogenated alkanes) is 12. The normalized spacial score (nSPS) is 11.9. The lowest BCUT2D eigenvalue weighted by Crippen LogP contribution is -2.11. The molecule has 0 saturated carbocycles. The van der Waals surface area contributed by atoms with Gasteiger partial charge in [0, 0.05) is 12.8 Å². The number of esters is 1. The van der Waals surface area contributed by atoms with Gasteiger partial charge in [-0.1, -0.05) is 108 Å². The van der Waals surface area contributed by atoms with Crippen LogP contribution in [0.5, 0.6) is 0 Å². The second kappa shape index (κ2) is 18.9. The molecule has 0 aliphatic carbocycles. The average Bonchev–Trinajstić information content (AvgIpc) is 2.77. The Hall–Kier alpha value is -1.84. The Kier molecular flexibility index (Phi) is 16.6. The summed E-state index contributed by atoms with van der Waals surface area (Å²) in [6.45, 7) is 2.26. The van der Waals surface area contributed by atoms with Crippen molar-refractivity contribution < 1.29 is 19.4 Å². The highest BCUT2D eigenvalue weighted by molar-refractivity contribution is 5.70. The van der Waals surface area contributed by atoms with E-state index in [0.717, 1.165) is 18.4 Å². The number of carbonyl (C=O) groups excluding carboxylic acids is 1. The molecule has 0 aromatic heterocycles. The van der Waals surface area contributed by atoms with E-state index < -0.39 is 5.97 Å². The van der Waals surface area contributed by atoms with Gasteiger partial charge >= 0.3 is 11.9 Å². The van der Waals surface area contributed by atoms with E-state index in [1.165, 1.54) is 70.6 Å². The van der Waals surface area contributed by atoms with E-state index >= 15 is 0 Å². The molecule has 0 aliphatic rings. The zero-order chi connectivity index (χ0) is 22.6. The Morgan fingerprint density at radius 3 is 1.81 bits per heavy atom. The van der Waals surface area contributed by atoms with E-state index in [1.54, 1.807) is 0 Å². The molecule has 0 amide bonds. The fourth-order valence-corrected chi connectivity index (χ4v) is 3.90. The summed E-state index contributed by atoms with van der Waals surface area (Å²) in [6.07, 6.45) is 17.8. The van der Waals surface area contributed by atoms with E-state index in [0.29, 0.717) is 12.8 Å². The second-order valence-electron chi connectivity index (χ2n) is 8.67. The molecule has 0 saturated heterocycles. The van der Waals surface area contributed by atoms with Gasteiger partial charge < -0.3 is 9.84 Å². The first-order valence-corrected chi connectivity index (χ1v) is 12.6. The lowest BCUT2D eigenvalue weighted by molar-refractivity contribution is -0.150. The molecule has 0 fully saturated rings. The van der Waals surface area contributed by atoms with Crippen molar-refractivity contribution in [1.29, 1.82) is 0 Å². The van der Waals surface area contributed by atoms with Crippen LogP contribution in [-0.2, 0) is 14.3 Å². The minimum Gasteiger partial charge on any atom is -0.481 e. The van der Waals surface area contributed by atoms with Gasteiger partial charge in [-0.3, -0.25) is 9.59 Å². The quantitative estimate of drug-likeness (QED) is 0.167. The predicted molar refractivity (Wildman–Crippen MR) is 127 cm³/mol. The second-order valence-corrected chi connectivity index (χ2v) is 8.67. The summed E-state index contributed by atoms with van der Waals surface area (Å²) < 4.78 is 5.76. The third-order valence-electron chi connectivity index (χ3n) is 5.79. The molecular formula is C27H44O4. The Bertz CT molecular complexity index is 570. The number of benzene rings is 1. The summed E-state index contributed by atoms with van der Waals surface area (Å²) in [7, 11) is 0. The number of hydrogen-bond donors (Lipinski definition) is 1. The first-order valence-electron chi connectivity index (χ1n) is 12.6. The van der Waals surface area contributed by atoms with Gasteiger partial charge in [0.15, 0.2) is 0 Å². The molecule has 0 aliphatic heterocycles. The molecule has 0 spiro atoms. The minimum absolute atomic E-state index is 0.105. The van der Waals surface area contributed by atoms with E-state index in [4.69, 9.17) is 9.84 Å². The highest BCUT2D eigenvalue weighted by Gasteiger charge is 2.16. The molecule has 1 aromatic carbocycles. The molecule has 0 bridgehead atoms. The van der Waals surface area contributed by atoms with Crippen LogP contribution in [0, 0.1) is 0 Å². The van der Waals surface area contributed by atoms with Crippen LogP contribution in [0.25, 0.3) is 0 Å². The zero-order valence-electron chi connectivity index (χ0n) is 19.7. The van der Waals surface area contributed by atoms with Crippen LogP contribution in [0.1, 0.15) is 128 Å². The highest BCUT2D eigenvalue weighted by atomic mass is 16.5. The first-order chi connectivity index (χ1) is 15.1. The maximum atomic E-state index is 12.2. The van der Waals surface area contributed by atoms with E-state index in [-0.39, 0.29) is 24.9 Å². The van der Waals surface area contributed by atoms with Gasteiger partial charge in [0.25, 0.3) is 0 Å². The van der Waals surface area contributed by atoms with Gasteiger partial charge in [-0.05, 0) is 31.2 Å². The Morgan fingerprint density at radius 1 is 0.742 bits per heavy atom. The highest BCUT2D eigenvalue weighted by Crippen LogP contribution is 2.25. The number of hydrogen-bond acceptors (Lipinski definition) is 3. The number of carbonyl (C=O) groups is 2. The third-order valence-corrected chi connectivity index (χ3v) is 5.79. The van der Waals surface area contributed by atoms with E-state index in [2.05, 4.69) is 6.92 Å². The molecular weight excluding hydrogens is 388 g/mol. The van der Waals surface area contributed by atoms with Crippen molar-refractivity contribution in [1.82, 2.24) is 0 Å². The number of aliphatic carboxylic acids is 1. The van der Waals surface area contributed by atoms with Crippen molar-refractivity contribution in [2.75, 3.05) is 0 Å². The third kappa shape index (κ3) is 15.6. The topological polar surface area (TPSA) is 63.6 Å². The monoisotopic (exact) mass is 432 g/mol. The molecule has 1 unspecified atom stereocenters. The minimum atomic E-state index is -0.817. The molecule has 1 atom stereocenters. The van der Waals surface area contributed by atoms with Gasteiger partial charge in [0.1, 0.15) is 6.10 Å². The van der Waals surface area contributed by atoms with Crippen LogP contribution in [0.4, 0.5) is 0 Å². The smallest absolute Gasteiger partial charge is 0.306 e. The average molecular weight is 433 g/mol. The Balaban J connectivity index is 2.20. The molecule has 0 radical (unpaired) electrons. The lowest BCUT2D eigenvalue weighted by Gasteiger charge is -2.18. The molecule has 31 heavy (non-hydrogen) atoms. The van der Waals surface area contributed by atoms with Gasteiger partial charge in [-0.15, -0.1) is 0 Å². The van der Waals surface area contributed by atoms with Crippen LogP contribution >= 0.6 is 0 Å². The number of carboxylic acid groups (broad SMARTS) is 1. The molecule has 4 nitrogen and oxygen atoms in total. The SMILES string of the molecule is CCCCCCCCCCCCCCC(OC(=O)CCCCC(=O)O)c1ccccc1. The number of rotatable bonds is 20. The Labute approximate surface area is 189 Å². The first kappa shape index (κ1) is 27.2. The van der Waals surface area contributed by atoms with Crippen molar-refractivity contribution in [2.24, 2.45) is 0 Å². The molecule has 0 heterocycles. The van der Waals surface area contributed by atoms with Crippen molar-refractivity contribution in [3.8, 4) is 0 Å². The van der Waals surface area contributed by atoms with Crippen LogP contribution < -0.4 is 0 Å². The summed E-state index contributed by atoms with van der Waals surface area (Å²) in [4.78, 5) is 22.8. The lowest BCUT2D eigenvalue weighted by atomic mass is 10.0. The van der Waals surface area contributed by atoms with Crippen molar-refractivity contribution in [3.63, 3.8) is 0 Å². The van der Waals surface area contributed by atoms with Crippen LogP contribution in [0.15, 0.2) is 30.3 Å². The standard InChI is InChI=1S/C27H44O4/c1-2-3-4-5-6-7-8-9-10-11-12-16-21-25(24-19-14-13-15-20-24)31-27(30)23-18-17-22-26(28)29/h13-15,19-20,25H,2-12,16-18,21-23H2,1H3,(H,28,29). The molecule has 1 aromatic rings. The maximum absolute atomic E-state index is 12.2. The van der Waals surface area contributed by atoms with Crippen molar-refractivity contribution in [2.45, 2.75) is 122 Å². The fourth-order valence-electron chi connectivity index (χ4n) is 3.90. The molecule has 4 heteroatoms. The van der Waals surface area contributed by atoms with Crippen molar-refractivity contribution >= 4 is 11.9 Å². The summed E-state index contributed by atoms with van der Waals surface area (Å²) in [5, 5.41) is 8.70. The Morgan fingerprint density at radius 2 is 1.26 bits per heavy atom. The largest absolute Gasteiger partial charge is 0.481 e. The summed E-state index contributed by atoms with van der Waals surface area (Å²) in [5.74, 6) is -1.04. The molecule has 1 rings (SSSR count). The molecule has 1 N–H and O–H groups in total. The predicted octanol–water partition coefficient (Wildman–Crippen LogP) is 8.01. The van der Waals surface area contributed by atoms with Crippen molar-refractivity contribution in [3.05, 3.63) is 35.9 Å². The number of carboxylic acids is 1. The van der Waals surface area contributed by atoms with Gasteiger partial charge in [-0.25, -0.2) is 0 Å². The zero-order valence-corrected chi connectivity index (χ0v) is 19.7. The summed E-state index contributed by atoms with van der Waals surface area (Å²) in [5.41, 5.74) is 1.05. The van der Waals surface area contributed by atoms with Crippen LogP contribution in [-0.4, -0.2) is 17.0 Å². The molecule has 176 valence electrons. The van der Waals surface area contributed by atoms with Gasteiger partial charge in [0.2, 0.25) is 0 Å². The summed E-state index contributed by atoms with van der Waals surface area (Å²) in [6, 6.07) is 9.96.